The fourth-order valence-corrected chi connectivity index (χ4v) is 2.29. The smallest absolute Gasteiger partial charge is 0.257 e. The van der Waals surface area contributed by atoms with Crippen molar-refractivity contribution in [1.29, 1.82) is 0 Å². The second-order valence-electron chi connectivity index (χ2n) is 5.15. The van der Waals surface area contributed by atoms with Gasteiger partial charge in [-0.3, -0.25) is 9.89 Å². The van der Waals surface area contributed by atoms with Gasteiger partial charge in [0.2, 0.25) is 0 Å². The van der Waals surface area contributed by atoms with E-state index in [2.05, 4.69) is 48.3 Å². The van der Waals surface area contributed by atoms with Crippen LogP contribution >= 0.6 is 0 Å². The van der Waals surface area contributed by atoms with E-state index in [1.165, 1.54) is 11.1 Å². The van der Waals surface area contributed by atoms with E-state index in [4.69, 9.17) is 0 Å². The summed E-state index contributed by atoms with van der Waals surface area (Å²) in [5.41, 5.74) is 3.12. The van der Waals surface area contributed by atoms with Gasteiger partial charge in [0.1, 0.15) is 0 Å². The van der Waals surface area contributed by atoms with E-state index < -0.39 is 0 Å². The van der Waals surface area contributed by atoms with Crippen molar-refractivity contribution in [2.45, 2.75) is 32.7 Å². The molecule has 1 amide bonds. The highest BCUT2D eigenvalue weighted by Crippen LogP contribution is 2.14. The Hall–Kier alpha value is -2.10. The number of aromatic amines is 1. The third kappa shape index (κ3) is 3.26. The van der Waals surface area contributed by atoms with Gasteiger partial charge in [-0.1, -0.05) is 36.8 Å². The molecule has 0 saturated carbocycles. The van der Waals surface area contributed by atoms with Crippen LogP contribution in [0.2, 0.25) is 0 Å². The van der Waals surface area contributed by atoms with E-state index in [-0.39, 0.29) is 11.9 Å². The number of benzene rings is 1. The van der Waals surface area contributed by atoms with Crippen molar-refractivity contribution in [2.75, 3.05) is 7.05 Å². The number of rotatable bonds is 5. The Labute approximate surface area is 119 Å². The Bertz CT molecular complexity index is 546. The number of carbonyl (C=O) groups is 1. The number of hydrogen-bond acceptors (Lipinski definition) is 2. The summed E-state index contributed by atoms with van der Waals surface area (Å²) in [6, 6.07) is 8.68. The summed E-state index contributed by atoms with van der Waals surface area (Å²) in [7, 11) is 1.86. The highest BCUT2D eigenvalue weighted by atomic mass is 16.2. The van der Waals surface area contributed by atoms with Gasteiger partial charge in [0.05, 0.1) is 11.8 Å². The topological polar surface area (TPSA) is 49.0 Å². The maximum atomic E-state index is 12.3. The van der Waals surface area contributed by atoms with Gasteiger partial charge in [0.25, 0.3) is 5.91 Å². The van der Waals surface area contributed by atoms with Crippen LogP contribution in [-0.2, 0) is 6.42 Å². The molecular weight excluding hydrogens is 250 g/mol. The zero-order chi connectivity index (χ0) is 14.5. The molecule has 20 heavy (non-hydrogen) atoms. The summed E-state index contributed by atoms with van der Waals surface area (Å²) < 4.78 is 0. The van der Waals surface area contributed by atoms with E-state index in [1.54, 1.807) is 12.4 Å². The molecule has 4 nitrogen and oxygen atoms in total. The maximum absolute atomic E-state index is 12.3. The van der Waals surface area contributed by atoms with Crippen LogP contribution in [0.1, 0.15) is 34.8 Å². The first-order valence-corrected chi connectivity index (χ1v) is 6.93. The quantitative estimate of drug-likeness (QED) is 0.909. The van der Waals surface area contributed by atoms with Crippen LogP contribution in [-0.4, -0.2) is 34.1 Å². The summed E-state index contributed by atoms with van der Waals surface area (Å²) in [5.74, 6) is 0.0118. The first-order chi connectivity index (χ1) is 9.61. The number of carbonyl (C=O) groups excluding carboxylic acids is 1. The maximum Gasteiger partial charge on any atom is 0.257 e. The average Bonchev–Trinajstić information content (AvgIpc) is 2.99. The molecule has 2 aromatic rings. The predicted molar refractivity (Wildman–Crippen MR) is 79.6 cm³/mol. The number of amides is 1. The molecule has 1 heterocycles. The Morgan fingerprint density at radius 3 is 2.60 bits per heavy atom. The summed E-state index contributed by atoms with van der Waals surface area (Å²) in [5, 5.41) is 6.51. The fraction of sp³-hybridized carbons (Fsp3) is 0.375. The molecule has 0 aliphatic carbocycles. The Morgan fingerprint density at radius 1 is 1.35 bits per heavy atom. The van der Waals surface area contributed by atoms with Gasteiger partial charge >= 0.3 is 0 Å². The lowest BCUT2D eigenvalue weighted by atomic mass is 10.0. The van der Waals surface area contributed by atoms with Crippen molar-refractivity contribution < 1.29 is 4.79 Å². The number of aromatic nitrogens is 2. The van der Waals surface area contributed by atoms with Gasteiger partial charge in [-0.15, -0.1) is 0 Å². The third-order valence-corrected chi connectivity index (χ3v) is 3.68. The molecule has 0 bridgehead atoms. The van der Waals surface area contributed by atoms with Crippen LogP contribution in [0.4, 0.5) is 0 Å². The summed E-state index contributed by atoms with van der Waals surface area (Å²) >= 11 is 0. The van der Waals surface area contributed by atoms with E-state index in [0.29, 0.717) is 5.56 Å². The van der Waals surface area contributed by atoms with Crippen LogP contribution in [0, 0.1) is 6.92 Å². The zero-order valence-electron chi connectivity index (χ0n) is 12.3. The van der Waals surface area contributed by atoms with Crippen molar-refractivity contribution in [2.24, 2.45) is 0 Å². The molecule has 0 fully saturated rings. The molecule has 1 atom stereocenters. The third-order valence-electron chi connectivity index (χ3n) is 3.68. The van der Waals surface area contributed by atoms with Crippen molar-refractivity contribution in [3.05, 3.63) is 53.3 Å². The fourth-order valence-electron chi connectivity index (χ4n) is 2.29. The number of H-pyrrole nitrogens is 1. The summed E-state index contributed by atoms with van der Waals surface area (Å²) in [6.45, 7) is 4.19. The van der Waals surface area contributed by atoms with E-state index in [1.807, 2.05) is 11.9 Å². The van der Waals surface area contributed by atoms with Crippen molar-refractivity contribution in [3.63, 3.8) is 0 Å². The Kier molecular flexibility index (Phi) is 4.56. The Morgan fingerprint density at radius 2 is 2.05 bits per heavy atom. The average molecular weight is 271 g/mol. The molecule has 0 aliphatic rings. The molecule has 0 spiro atoms. The molecule has 0 saturated heterocycles. The molecule has 1 aromatic heterocycles. The van der Waals surface area contributed by atoms with Gasteiger partial charge < -0.3 is 4.90 Å². The lowest BCUT2D eigenvalue weighted by Crippen LogP contribution is -2.38. The van der Waals surface area contributed by atoms with Crippen LogP contribution in [0.25, 0.3) is 0 Å². The van der Waals surface area contributed by atoms with Gasteiger partial charge in [-0.05, 0) is 25.3 Å². The number of hydrogen-bond donors (Lipinski definition) is 1. The molecule has 106 valence electrons. The monoisotopic (exact) mass is 271 g/mol. The minimum absolute atomic E-state index is 0.0118. The molecule has 1 aromatic carbocycles. The second-order valence-corrected chi connectivity index (χ2v) is 5.15. The predicted octanol–water partition coefficient (Wildman–Crippen LogP) is 2.81. The summed E-state index contributed by atoms with van der Waals surface area (Å²) in [4.78, 5) is 14.1. The number of likely N-dealkylation sites (N-methyl/N-ethyl adjacent to an activating group) is 1. The van der Waals surface area contributed by atoms with E-state index >= 15 is 0 Å². The van der Waals surface area contributed by atoms with E-state index in [0.717, 1.165) is 12.8 Å². The van der Waals surface area contributed by atoms with Crippen LogP contribution in [0.3, 0.4) is 0 Å². The largest absolute Gasteiger partial charge is 0.338 e. The SMILES string of the molecule is CC[C@@H](Cc1ccc(C)cc1)N(C)C(=O)c1cn[nH]c1. The van der Waals surface area contributed by atoms with Crippen LogP contribution < -0.4 is 0 Å². The van der Waals surface area contributed by atoms with Gasteiger partial charge in [-0.25, -0.2) is 0 Å². The summed E-state index contributed by atoms with van der Waals surface area (Å²) in [6.07, 6.45) is 5.00. The second kappa shape index (κ2) is 6.37. The highest BCUT2D eigenvalue weighted by molar-refractivity contribution is 5.93. The molecule has 0 aliphatic heterocycles. The normalized spacial score (nSPS) is 12.2. The zero-order valence-corrected chi connectivity index (χ0v) is 12.3. The lowest BCUT2D eigenvalue weighted by molar-refractivity contribution is 0.0727. The van der Waals surface area contributed by atoms with Crippen molar-refractivity contribution in [1.82, 2.24) is 15.1 Å². The van der Waals surface area contributed by atoms with E-state index in [9.17, 15) is 4.79 Å². The minimum Gasteiger partial charge on any atom is -0.338 e. The molecular formula is C16H21N3O. The molecule has 0 radical (unpaired) electrons. The highest BCUT2D eigenvalue weighted by Gasteiger charge is 2.20. The molecule has 0 unspecified atom stereocenters. The van der Waals surface area contributed by atoms with Gasteiger partial charge in [0, 0.05) is 19.3 Å². The molecule has 2 rings (SSSR count). The minimum atomic E-state index is 0.0118. The molecule has 4 heteroatoms. The Balaban J connectivity index is 2.07. The first kappa shape index (κ1) is 14.3. The lowest BCUT2D eigenvalue weighted by Gasteiger charge is -2.27. The first-order valence-electron chi connectivity index (χ1n) is 6.93. The standard InChI is InChI=1S/C16H21N3O/c1-4-15(9-13-7-5-12(2)6-8-13)19(3)16(20)14-10-17-18-11-14/h5-8,10-11,15H,4,9H2,1-3H3,(H,17,18)/t15-/m0/s1. The number of nitrogens with zero attached hydrogens (tertiary/aromatic N) is 2. The molecule has 1 N–H and O–H groups in total. The van der Waals surface area contributed by atoms with Crippen molar-refractivity contribution in [3.8, 4) is 0 Å². The number of aryl methyl sites for hydroxylation is 1. The van der Waals surface area contributed by atoms with Gasteiger partial charge in [0.15, 0.2) is 0 Å². The van der Waals surface area contributed by atoms with Gasteiger partial charge in [-0.2, -0.15) is 5.10 Å². The van der Waals surface area contributed by atoms with Crippen LogP contribution in [0.15, 0.2) is 36.7 Å². The van der Waals surface area contributed by atoms with Crippen molar-refractivity contribution >= 4 is 5.91 Å². The number of nitrogens with one attached hydrogen (secondary N) is 1. The van der Waals surface area contributed by atoms with Crippen LogP contribution in [0.5, 0.6) is 0 Å².